The fourth-order valence-electron chi connectivity index (χ4n) is 2.77. The quantitative estimate of drug-likeness (QED) is 0.879. The third-order valence-corrected chi connectivity index (χ3v) is 4.13. The normalized spacial score (nSPS) is 11.7. The number of hydrogen-bond acceptors (Lipinski definition) is 3. The lowest BCUT2D eigenvalue weighted by Crippen LogP contribution is -2.28. The van der Waals surface area contributed by atoms with E-state index in [1.165, 1.54) is 5.56 Å². The largest absolute Gasteiger partial charge is 0.497 e. The molecule has 0 aliphatic carbocycles. The molecule has 1 N–H and O–H groups in total. The van der Waals surface area contributed by atoms with E-state index in [0.717, 1.165) is 28.2 Å². The maximum atomic E-state index is 12.4. The van der Waals surface area contributed by atoms with Crippen molar-refractivity contribution in [1.29, 1.82) is 0 Å². The predicted octanol–water partition coefficient (Wildman–Crippen LogP) is 3.74. The molecule has 4 nitrogen and oxygen atoms in total. The van der Waals surface area contributed by atoms with Crippen LogP contribution in [0.25, 0.3) is 0 Å². The molecule has 0 aliphatic heterocycles. The van der Waals surface area contributed by atoms with E-state index < -0.39 is 0 Å². The lowest BCUT2D eigenvalue weighted by molar-refractivity contribution is -0.121. The molecule has 2 rings (SSSR count). The molecule has 4 heteroatoms. The minimum absolute atomic E-state index is 0.0145. The van der Waals surface area contributed by atoms with Crippen LogP contribution in [-0.4, -0.2) is 20.1 Å². The monoisotopic (exact) mass is 327 g/mol. The van der Waals surface area contributed by atoms with Crippen molar-refractivity contribution < 1.29 is 14.3 Å². The minimum atomic E-state index is -0.173. The molecular weight excluding hydrogens is 302 g/mol. The summed E-state index contributed by atoms with van der Waals surface area (Å²) in [6, 6.07) is 11.5. The Balaban J connectivity index is 2.11. The van der Waals surface area contributed by atoms with Gasteiger partial charge in [-0.2, -0.15) is 0 Å². The number of amides is 1. The molecule has 2 aromatic rings. The van der Waals surface area contributed by atoms with Gasteiger partial charge >= 0.3 is 0 Å². The second-order valence-corrected chi connectivity index (χ2v) is 6.00. The minimum Gasteiger partial charge on any atom is -0.497 e. The third-order valence-electron chi connectivity index (χ3n) is 4.13. The SMILES string of the molecule is COc1ccc(OC)c([C@@H](C)NC(=O)Cc2ccc(C)cc2C)c1. The topological polar surface area (TPSA) is 47.6 Å². The Morgan fingerprint density at radius 3 is 2.46 bits per heavy atom. The molecule has 0 aliphatic rings. The summed E-state index contributed by atoms with van der Waals surface area (Å²) >= 11 is 0. The van der Waals surface area contributed by atoms with Crippen LogP contribution in [0.15, 0.2) is 36.4 Å². The van der Waals surface area contributed by atoms with Gasteiger partial charge in [0.15, 0.2) is 0 Å². The van der Waals surface area contributed by atoms with Crippen LogP contribution in [0.5, 0.6) is 11.5 Å². The second kappa shape index (κ2) is 7.86. The van der Waals surface area contributed by atoms with E-state index in [1.807, 2.05) is 51.1 Å². The first-order valence-corrected chi connectivity index (χ1v) is 8.02. The summed E-state index contributed by atoms with van der Waals surface area (Å²) in [5.74, 6) is 1.45. The number of carbonyl (C=O) groups excluding carboxylic acids is 1. The molecular formula is C20H25NO3. The lowest BCUT2D eigenvalue weighted by Gasteiger charge is -2.18. The van der Waals surface area contributed by atoms with E-state index >= 15 is 0 Å². The van der Waals surface area contributed by atoms with Gasteiger partial charge in [0.1, 0.15) is 11.5 Å². The molecule has 0 saturated carbocycles. The second-order valence-electron chi connectivity index (χ2n) is 6.00. The molecule has 2 aromatic carbocycles. The Morgan fingerprint density at radius 2 is 1.83 bits per heavy atom. The van der Waals surface area contributed by atoms with E-state index in [2.05, 4.69) is 11.4 Å². The zero-order chi connectivity index (χ0) is 17.7. The molecule has 0 fully saturated rings. The average Bonchev–Trinajstić information content (AvgIpc) is 2.56. The molecule has 0 aromatic heterocycles. The van der Waals surface area contributed by atoms with Crippen LogP contribution in [-0.2, 0) is 11.2 Å². The van der Waals surface area contributed by atoms with E-state index in [1.54, 1.807) is 14.2 Å². The van der Waals surface area contributed by atoms with E-state index in [9.17, 15) is 4.79 Å². The summed E-state index contributed by atoms with van der Waals surface area (Å²) < 4.78 is 10.7. The van der Waals surface area contributed by atoms with E-state index in [4.69, 9.17) is 9.47 Å². The maximum absolute atomic E-state index is 12.4. The Bertz CT molecular complexity index is 725. The summed E-state index contributed by atoms with van der Waals surface area (Å²) in [6.45, 7) is 6.02. The zero-order valence-electron chi connectivity index (χ0n) is 15.0. The van der Waals surface area contributed by atoms with Crippen molar-refractivity contribution in [2.24, 2.45) is 0 Å². The van der Waals surface area contributed by atoms with Gasteiger partial charge in [-0.05, 0) is 50.1 Å². The highest BCUT2D eigenvalue weighted by atomic mass is 16.5. The Morgan fingerprint density at radius 1 is 1.08 bits per heavy atom. The van der Waals surface area contributed by atoms with E-state index in [0.29, 0.717) is 6.42 Å². The van der Waals surface area contributed by atoms with Crippen molar-refractivity contribution in [3.05, 3.63) is 58.7 Å². The van der Waals surface area contributed by atoms with Crippen molar-refractivity contribution in [3.8, 4) is 11.5 Å². The first-order valence-electron chi connectivity index (χ1n) is 8.02. The van der Waals surface area contributed by atoms with Crippen LogP contribution in [0.4, 0.5) is 0 Å². The van der Waals surface area contributed by atoms with Gasteiger partial charge in [-0.3, -0.25) is 4.79 Å². The smallest absolute Gasteiger partial charge is 0.224 e. The van der Waals surface area contributed by atoms with Crippen LogP contribution in [0.3, 0.4) is 0 Å². The number of nitrogens with one attached hydrogen (secondary N) is 1. The Labute approximate surface area is 143 Å². The molecule has 24 heavy (non-hydrogen) atoms. The highest BCUT2D eigenvalue weighted by molar-refractivity contribution is 5.79. The zero-order valence-corrected chi connectivity index (χ0v) is 15.0. The summed E-state index contributed by atoms with van der Waals surface area (Å²) in [7, 11) is 3.24. The number of rotatable bonds is 6. The van der Waals surface area contributed by atoms with Crippen LogP contribution >= 0.6 is 0 Å². The third kappa shape index (κ3) is 4.28. The highest BCUT2D eigenvalue weighted by Gasteiger charge is 2.16. The number of hydrogen-bond donors (Lipinski definition) is 1. The first-order chi connectivity index (χ1) is 11.4. The Kier molecular flexibility index (Phi) is 5.85. The number of ether oxygens (including phenoxy) is 2. The van der Waals surface area contributed by atoms with Gasteiger partial charge in [-0.1, -0.05) is 23.8 Å². The first kappa shape index (κ1) is 17.9. The molecule has 0 radical (unpaired) electrons. The van der Waals surface area contributed by atoms with Gasteiger partial charge < -0.3 is 14.8 Å². The van der Waals surface area contributed by atoms with Gasteiger partial charge in [0, 0.05) is 5.56 Å². The van der Waals surface area contributed by atoms with Crippen molar-refractivity contribution in [3.63, 3.8) is 0 Å². The average molecular weight is 327 g/mol. The van der Waals surface area contributed by atoms with Crippen LogP contribution < -0.4 is 14.8 Å². The van der Waals surface area contributed by atoms with Crippen LogP contribution in [0.2, 0.25) is 0 Å². The summed E-state index contributed by atoms with van der Waals surface area (Å²) in [6.07, 6.45) is 0.364. The molecule has 0 unspecified atom stereocenters. The number of benzene rings is 2. The molecule has 128 valence electrons. The van der Waals surface area contributed by atoms with E-state index in [-0.39, 0.29) is 11.9 Å². The van der Waals surface area contributed by atoms with Crippen molar-refractivity contribution in [2.75, 3.05) is 14.2 Å². The standard InChI is InChI=1S/C20H25NO3/c1-13-6-7-16(14(2)10-13)11-20(22)21-15(3)18-12-17(23-4)8-9-19(18)24-5/h6-10,12,15H,11H2,1-5H3,(H,21,22)/t15-/m1/s1. The summed E-state index contributed by atoms with van der Waals surface area (Å²) in [4.78, 5) is 12.4. The van der Waals surface area contributed by atoms with Gasteiger partial charge in [0.05, 0.1) is 26.7 Å². The van der Waals surface area contributed by atoms with Gasteiger partial charge in [0.2, 0.25) is 5.91 Å². The summed E-state index contributed by atoms with van der Waals surface area (Å²) in [5, 5.41) is 3.04. The number of aryl methyl sites for hydroxylation is 2. The Hall–Kier alpha value is -2.49. The fraction of sp³-hybridized carbons (Fsp3) is 0.350. The molecule has 1 amide bonds. The number of methoxy groups -OCH3 is 2. The van der Waals surface area contributed by atoms with Gasteiger partial charge in [-0.15, -0.1) is 0 Å². The molecule has 0 bridgehead atoms. The molecule has 0 heterocycles. The molecule has 1 atom stereocenters. The molecule has 0 spiro atoms. The van der Waals surface area contributed by atoms with Crippen molar-refractivity contribution >= 4 is 5.91 Å². The highest BCUT2D eigenvalue weighted by Crippen LogP contribution is 2.29. The van der Waals surface area contributed by atoms with Gasteiger partial charge in [0.25, 0.3) is 0 Å². The molecule has 0 saturated heterocycles. The summed E-state index contributed by atoms with van der Waals surface area (Å²) in [5.41, 5.74) is 4.27. The number of carbonyl (C=O) groups is 1. The van der Waals surface area contributed by atoms with Crippen LogP contribution in [0, 0.1) is 13.8 Å². The van der Waals surface area contributed by atoms with Gasteiger partial charge in [-0.25, -0.2) is 0 Å². The van der Waals surface area contributed by atoms with Crippen molar-refractivity contribution in [1.82, 2.24) is 5.32 Å². The fourth-order valence-corrected chi connectivity index (χ4v) is 2.77. The maximum Gasteiger partial charge on any atom is 0.224 e. The lowest BCUT2D eigenvalue weighted by atomic mass is 10.0. The van der Waals surface area contributed by atoms with Crippen molar-refractivity contribution in [2.45, 2.75) is 33.2 Å². The predicted molar refractivity (Wildman–Crippen MR) is 95.7 cm³/mol. The van der Waals surface area contributed by atoms with Crippen LogP contribution in [0.1, 0.15) is 35.2 Å².